The predicted octanol–water partition coefficient (Wildman–Crippen LogP) is 3.02. The number of nitrogens with zero attached hydrogens (tertiary/aromatic N) is 1. The van der Waals surface area contributed by atoms with E-state index in [1.165, 1.54) is 0 Å². The highest BCUT2D eigenvalue weighted by Gasteiger charge is 2.37. The molecule has 0 radical (unpaired) electrons. The summed E-state index contributed by atoms with van der Waals surface area (Å²) in [5.41, 5.74) is -0.930. The Hall–Kier alpha value is -0.420. The maximum atomic E-state index is 12.3. The monoisotopic (exact) mass is 348 g/mol. The average molecular weight is 349 g/mol. The SMILES string of the molecule is N#CC1(NS(=O)(=O)c2sccc2Br)CCCCC1. The molecule has 4 nitrogen and oxygen atoms in total. The minimum Gasteiger partial charge on any atom is -0.206 e. The van der Waals surface area contributed by atoms with Crippen molar-refractivity contribution in [2.45, 2.75) is 41.9 Å². The summed E-state index contributed by atoms with van der Waals surface area (Å²) in [5.74, 6) is 0. The molecule has 98 valence electrons. The van der Waals surface area contributed by atoms with Gasteiger partial charge in [-0.1, -0.05) is 19.3 Å². The molecular formula is C11H13BrN2O2S2. The molecule has 1 saturated carbocycles. The van der Waals surface area contributed by atoms with Crippen LogP contribution in [0, 0.1) is 11.3 Å². The van der Waals surface area contributed by atoms with Crippen molar-refractivity contribution in [1.82, 2.24) is 4.72 Å². The number of hydrogen-bond donors (Lipinski definition) is 1. The molecule has 1 aromatic rings. The highest BCUT2D eigenvalue weighted by molar-refractivity contribution is 9.10. The van der Waals surface area contributed by atoms with Gasteiger partial charge in [-0.3, -0.25) is 0 Å². The summed E-state index contributed by atoms with van der Waals surface area (Å²) in [4.78, 5) is 0. The summed E-state index contributed by atoms with van der Waals surface area (Å²) >= 11 is 4.36. The van der Waals surface area contributed by atoms with Gasteiger partial charge in [-0.25, -0.2) is 8.42 Å². The summed E-state index contributed by atoms with van der Waals surface area (Å²) in [6, 6.07) is 3.85. The highest BCUT2D eigenvalue weighted by Crippen LogP contribution is 2.32. The van der Waals surface area contributed by atoms with Crippen LogP contribution in [0.15, 0.2) is 20.1 Å². The predicted molar refractivity (Wildman–Crippen MR) is 73.8 cm³/mol. The number of halogens is 1. The number of hydrogen-bond acceptors (Lipinski definition) is 4. The fourth-order valence-corrected chi connectivity index (χ4v) is 5.88. The Morgan fingerprint density at radius 1 is 1.39 bits per heavy atom. The second-order valence-corrected chi connectivity index (χ2v) is 8.06. The van der Waals surface area contributed by atoms with Crippen LogP contribution in [0.3, 0.4) is 0 Å². The first-order valence-corrected chi connectivity index (χ1v) is 8.83. The number of sulfonamides is 1. The van der Waals surface area contributed by atoms with E-state index in [0.29, 0.717) is 17.3 Å². The molecule has 1 N–H and O–H groups in total. The summed E-state index contributed by atoms with van der Waals surface area (Å²) in [6.07, 6.45) is 4.02. The van der Waals surface area contributed by atoms with E-state index in [2.05, 4.69) is 26.7 Å². The third-order valence-corrected chi connectivity index (χ3v) is 7.29. The van der Waals surface area contributed by atoms with Gasteiger partial charge in [0.05, 0.1) is 6.07 Å². The summed E-state index contributed by atoms with van der Waals surface area (Å²) < 4.78 is 27.9. The zero-order valence-electron chi connectivity index (χ0n) is 9.65. The molecule has 0 bridgehead atoms. The topological polar surface area (TPSA) is 70.0 Å². The second-order valence-electron chi connectivity index (χ2n) is 4.42. The summed E-state index contributed by atoms with van der Waals surface area (Å²) in [6.45, 7) is 0. The lowest BCUT2D eigenvalue weighted by molar-refractivity contribution is 0.338. The number of rotatable bonds is 3. The van der Waals surface area contributed by atoms with Gasteiger partial charge in [0.25, 0.3) is 10.0 Å². The van der Waals surface area contributed by atoms with Crippen molar-refractivity contribution in [3.05, 3.63) is 15.9 Å². The van der Waals surface area contributed by atoms with Crippen molar-refractivity contribution < 1.29 is 8.42 Å². The van der Waals surface area contributed by atoms with Crippen LogP contribution in [0.5, 0.6) is 0 Å². The molecule has 1 aromatic heterocycles. The largest absolute Gasteiger partial charge is 0.252 e. The fraction of sp³-hybridized carbons (Fsp3) is 0.545. The van der Waals surface area contributed by atoms with Crippen LogP contribution in [0.4, 0.5) is 0 Å². The zero-order valence-corrected chi connectivity index (χ0v) is 12.9. The molecule has 1 aliphatic rings. The molecular weight excluding hydrogens is 336 g/mol. The van der Waals surface area contributed by atoms with Crippen LogP contribution < -0.4 is 4.72 Å². The minimum atomic E-state index is -3.62. The Morgan fingerprint density at radius 3 is 2.56 bits per heavy atom. The molecule has 0 aromatic carbocycles. The third kappa shape index (κ3) is 2.77. The van der Waals surface area contributed by atoms with Crippen molar-refractivity contribution in [3.8, 4) is 6.07 Å². The van der Waals surface area contributed by atoms with Gasteiger partial charge in [0.1, 0.15) is 9.75 Å². The lowest BCUT2D eigenvalue weighted by Gasteiger charge is -2.30. The Kier molecular flexibility index (Phi) is 4.11. The molecule has 0 spiro atoms. The average Bonchev–Trinajstić information content (AvgIpc) is 2.77. The molecule has 0 unspecified atom stereocenters. The number of nitriles is 1. The smallest absolute Gasteiger partial charge is 0.206 e. The van der Waals surface area contributed by atoms with E-state index in [9.17, 15) is 13.7 Å². The van der Waals surface area contributed by atoms with Crippen LogP contribution in [0.1, 0.15) is 32.1 Å². The molecule has 1 heterocycles. The van der Waals surface area contributed by atoms with Crippen LogP contribution in [-0.4, -0.2) is 14.0 Å². The first-order chi connectivity index (χ1) is 8.49. The summed E-state index contributed by atoms with van der Waals surface area (Å²) in [7, 11) is -3.62. The molecule has 2 rings (SSSR count). The van der Waals surface area contributed by atoms with Crippen molar-refractivity contribution in [1.29, 1.82) is 5.26 Å². The highest BCUT2D eigenvalue weighted by atomic mass is 79.9. The maximum absolute atomic E-state index is 12.3. The molecule has 1 aliphatic carbocycles. The van der Waals surface area contributed by atoms with Crippen LogP contribution in [0.2, 0.25) is 0 Å². The molecule has 0 atom stereocenters. The van der Waals surface area contributed by atoms with Crippen LogP contribution in [-0.2, 0) is 10.0 Å². The minimum absolute atomic E-state index is 0.239. The Balaban J connectivity index is 2.28. The van der Waals surface area contributed by atoms with Crippen molar-refractivity contribution in [3.63, 3.8) is 0 Å². The van der Waals surface area contributed by atoms with Gasteiger partial charge in [0, 0.05) is 4.47 Å². The van der Waals surface area contributed by atoms with Gasteiger partial charge in [-0.05, 0) is 40.2 Å². The molecule has 18 heavy (non-hydrogen) atoms. The van der Waals surface area contributed by atoms with Crippen molar-refractivity contribution >= 4 is 37.3 Å². The maximum Gasteiger partial charge on any atom is 0.252 e. The lowest BCUT2D eigenvalue weighted by Crippen LogP contribution is -2.48. The van der Waals surface area contributed by atoms with Crippen LogP contribution in [0.25, 0.3) is 0 Å². The van der Waals surface area contributed by atoms with Crippen molar-refractivity contribution in [2.75, 3.05) is 0 Å². The molecule has 0 amide bonds. The van der Waals surface area contributed by atoms with Gasteiger partial charge in [0.15, 0.2) is 0 Å². The van der Waals surface area contributed by atoms with E-state index in [1.54, 1.807) is 11.4 Å². The third-order valence-electron chi connectivity index (χ3n) is 3.08. The fourth-order valence-electron chi connectivity index (χ4n) is 2.17. The Bertz CT molecular complexity index is 568. The second kappa shape index (κ2) is 5.29. The first kappa shape index (κ1) is 14.0. The van der Waals surface area contributed by atoms with E-state index in [4.69, 9.17) is 0 Å². The lowest BCUT2D eigenvalue weighted by atomic mass is 9.84. The molecule has 0 saturated heterocycles. The van der Waals surface area contributed by atoms with Gasteiger partial charge < -0.3 is 0 Å². The Morgan fingerprint density at radius 2 is 2.06 bits per heavy atom. The van der Waals surface area contributed by atoms with E-state index < -0.39 is 15.6 Å². The standard InChI is InChI=1S/C11H13BrN2O2S2/c12-9-4-7-17-10(9)18(15,16)14-11(8-13)5-2-1-3-6-11/h4,7,14H,1-3,5-6H2. The molecule has 7 heteroatoms. The number of thiophene rings is 1. The molecule has 1 fully saturated rings. The summed E-state index contributed by atoms with van der Waals surface area (Å²) in [5, 5.41) is 11.0. The van der Waals surface area contributed by atoms with Gasteiger partial charge in [0.2, 0.25) is 0 Å². The Labute approximate surface area is 119 Å². The van der Waals surface area contributed by atoms with Crippen molar-refractivity contribution in [2.24, 2.45) is 0 Å². The zero-order chi connectivity index (χ0) is 13.2. The normalized spacial score (nSPS) is 19.3. The van der Waals surface area contributed by atoms with Gasteiger partial charge in [-0.15, -0.1) is 11.3 Å². The van der Waals surface area contributed by atoms with E-state index in [1.807, 2.05) is 0 Å². The van der Waals surface area contributed by atoms with Gasteiger partial charge >= 0.3 is 0 Å². The quantitative estimate of drug-likeness (QED) is 0.912. The van der Waals surface area contributed by atoms with Gasteiger partial charge in [-0.2, -0.15) is 9.98 Å². The first-order valence-electron chi connectivity index (χ1n) is 5.67. The molecule has 0 aliphatic heterocycles. The van der Waals surface area contributed by atoms with Crippen LogP contribution >= 0.6 is 27.3 Å². The van der Waals surface area contributed by atoms with E-state index in [-0.39, 0.29) is 4.21 Å². The number of nitrogens with one attached hydrogen (secondary N) is 1. The van der Waals surface area contributed by atoms with E-state index in [0.717, 1.165) is 30.6 Å². The van der Waals surface area contributed by atoms with E-state index >= 15 is 0 Å².